The molecule has 0 atom stereocenters. The number of hydrogen-bond acceptors (Lipinski definition) is 2. The average molecular weight is 268 g/mol. The van der Waals surface area contributed by atoms with Crippen molar-refractivity contribution in [3.8, 4) is 0 Å². The Labute approximate surface area is 114 Å². The van der Waals surface area contributed by atoms with E-state index in [-0.39, 0.29) is 16.3 Å². The maximum atomic E-state index is 13.8. The molecular formula is C14H21FN2S. The van der Waals surface area contributed by atoms with Gasteiger partial charge in [-0.1, -0.05) is 33.0 Å². The highest BCUT2D eigenvalue weighted by Crippen LogP contribution is 2.26. The minimum absolute atomic E-state index is 0.0250. The second-order valence-electron chi connectivity index (χ2n) is 4.52. The molecule has 0 heterocycles. The van der Waals surface area contributed by atoms with Crippen LogP contribution in [-0.4, -0.2) is 10.5 Å². The van der Waals surface area contributed by atoms with Gasteiger partial charge in [-0.2, -0.15) is 0 Å². The summed E-state index contributed by atoms with van der Waals surface area (Å²) in [6.45, 7) is 6.42. The molecule has 3 N–H and O–H groups in total. The molecule has 0 bridgehead atoms. The van der Waals surface area contributed by atoms with Crippen LogP contribution >= 0.6 is 12.2 Å². The van der Waals surface area contributed by atoms with Gasteiger partial charge < -0.3 is 11.1 Å². The highest BCUT2D eigenvalue weighted by atomic mass is 32.1. The van der Waals surface area contributed by atoms with Crippen molar-refractivity contribution in [2.24, 2.45) is 5.73 Å². The maximum absolute atomic E-state index is 13.8. The topological polar surface area (TPSA) is 38.0 Å². The van der Waals surface area contributed by atoms with Crippen molar-refractivity contribution in [3.05, 3.63) is 29.6 Å². The molecule has 0 saturated heterocycles. The van der Waals surface area contributed by atoms with Crippen LogP contribution in [0.5, 0.6) is 0 Å². The van der Waals surface area contributed by atoms with Crippen LogP contribution in [0.1, 0.15) is 45.6 Å². The van der Waals surface area contributed by atoms with Crippen LogP contribution in [0, 0.1) is 5.82 Å². The number of halogens is 1. The molecule has 18 heavy (non-hydrogen) atoms. The summed E-state index contributed by atoms with van der Waals surface area (Å²) in [5.41, 5.74) is 6.54. The number of hydrogen-bond donors (Lipinski definition) is 2. The largest absolute Gasteiger partial charge is 0.389 e. The predicted molar refractivity (Wildman–Crippen MR) is 79.5 cm³/mol. The van der Waals surface area contributed by atoms with Gasteiger partial charge in [0.05, 0.1) is 0 Å². The van der Waals surface area contributed by atoms with Crippen LogP contribution in [0.3, 0.4) is 0 Å². The first-order valence-corrected chi connectivity index (χ1v) is 6.76. The summed E-state index contributed by atoms with van der Waals surface area (Å²) in [6, 6.07) is 4.92. The number of nitrogens with one attached hydrogen (secondary N) is 1. The first-order valence-electron chi connectivity index (χ1n) is 6.35. The zero-order chi connectivity index (χ0) is 13.8. The van der Waals surface area contributed by atoms with E-state index in [4.69, 9.17) is 18.0 Å². The van der Waals surface area contributed by atoms with Crippen LogP contribution in [0.2, 0.25) is 0 Å². The molecule has 0 fully saturated rings. The van der Waals surface area contributed by atoms with Crippen molar-refractivity contribution in [2.45, 2.75) is 45.6 Å². The summed E-state index contributed by atoms with van der Waals surface area (Å²) in [5, 5.41) is 3.42. The van der Waals surface area contributed by atoms with Crippen molar-refractivity contribution in [2.75, 3.05) is 5.32 Å². The normalized spacial score (nSPS) is 11.3. The molecular weight excluding hydrogens is 247 g/mol. The third-order valence-corrected chi connectivity index (χ3v) is 3.89. The second kappa shape index (κ2) is 6.14. The van der Waals surface area contributed by atoms with Crippen molar-refractivity contribution >= 4 is 22.9 Å². The lowest BCUT2D eigenvalue weighted by Gasteiger charge is -2.33. The molecule has 0 saturated carbocycles. The van der Waals surface area contributed by atoms with Crippen LogP contribution in [0.4, 0.5) is 10.1 Å². The molecule has 0 aliphatic rings. The average Bonchev–Trinajstić information content (AvgIpc) is 2.36. The second-order valence-corrected chi connectivity index (χ2v) is 4.96. The smallest absolute Gasteiger partial charge is 0.135 e. The van der Waals surface area contributed by atoms with Crippen molar-refractivity contribution in [3.63, 3.8) is 0 Å². The molecule has 0 aromatic heterocycles. The van der Waals surface area contributed by atoms with Gasteiger partial charge in [0.15, 0.2) is 0 Å². The highest BCUT2D eigenvalue weighted by Gasteiger charge is 2.23. The first kappa shape index (κ1) is 14.9. The zero-order valence-electron chi connectivity index (χ0n) is 11.2. The highest BCUT2D eigenvalue weighted by molar-refractivity contribution is 7.80. The number of nitrogens with two attached hydrogens (primary N) is 1. The summed E-state index contributed by atoms with van der Waals surface area (Å²) in [7, 11) is 0. The number of anilines is 1. The van der Waals surface area contributed by atoms with Crippen LogP contribution in [0.15, 0.2) is 18.2 Å². The Kier molecular flexibility index (Phi) is 5.08. The minimum atomic E-state index is -0.371. The van der Waals surface area contributed by atoms with Gasteiger partial charge in [0.2, 0.25) is 0 Å². The van der Waals surface area contributed by atoms with Gasteiger partial charge in [0.1, 0.15) is 10.8 Å². The van der Waals surface area contributed by atoms with Gasteiger partial charge in [-0.3, -0.25) is 0 Å². The fourth-order valence-corrected chi connectivity index (χ4v) is 2.28. The molecule has 0 spiro atoms. The maximum Gasteiger partial charge on any atom is 0.135 e. The van der Waals surface area contributed by atoms with E-state index in [9.17, 15) is 4.39 Å². The summed E-state index contributed by atoms with van der Waals surface area (Å²) >= 11 is 4.79. The predicted octanol–water partition coefficient (Wildman–Crippen LogP) is 3.84. The standard InChI is InChI=1S/C14H21FN2S/c1-4-14(5-2,6-3)17-10-7-8-11(13(16)18)12(15)9-10/h7-9,17H,4-6H2,1-3H3,(H2,16,18). The monoisotopic (exact) mass is 268 g/mol. The molecule has 4 heteroatoms. The van der Waals surface area contributed by atoms with E-state index < -0.39 is 0 Å². The minimum Gasteiger partial charge on any atom is -0.389 e. The van der Waals surface area contributed by atoms with Gasteiger partial charge in [-0.25, -0.2) is 4.39 Å². The lowest BCUT2D eigenvalue weighted by Crippen LogP contribution is -2.36. The molecule has 1 aromatic carbocycles. The first-order chi connectivity index (χ1) is 8.48. The molecule has 100 valence electrons. The molecule has 1 rings (SSSR count). The summed E-state index contributed by atoms with van der Waals surface area (Å²) in [4.78, 5) is 0.0896. The Bertz CT molecular complexity index is 420. The van der Waals surface area contributed by atoms with Gasteiger partial charge in [0, 0.05) is 16.8 Å². The van der Waals surface area contributed by atoms with Crippen molar-refractivity contribution in [1.29, 1.82) is 0 Å². The molecule has 2 nitrogen and oxygen atoms in total. The van der Waals surface area contributed by atoms with Gasteiger partial charge >= 0.3 is 0 Å². The lowest BCUT2D eigenvalue weighted by atomic mass is 9.89. The molecule has 0 unspecified atom stereocenters. The Morgan fingerprint density at radius 2 is 1.83 bits per heavy atom. The third-order valence-electron chi connectivity index (χ3n) is 3.67. The molecule has 0 aliphatic heterocycles. The SMILES string of the molecule is CCC(CC)(CC)Nc1ccc(C(N)=S)c(F)c1. The fraction of sp³-hybridized carbons (Fsp3) is 0.500. The van der Waals surface area contributed by atoms with Crippen molar-refractivity contribution in [1.82, 2.24) is 0 Å². The quantitative estimate of drug-likeness (QED) is 0.770. The zero-order valence-corrected chi connectivity index (χ0v) is 12.0. The Morgan fingerprint density at radius 3 is 2.22 bits per heavy atom. The summed E-state index contributed by atoms with van der Waals surface area (Å²) < 4.78 is 13.8. The molecule has 0 amide bonds. The lowest BCUT2D eigenvalue weighted by molar-refractivity contribution is 0.420. The van der Waals surface area contributed by atoms with Gasteiger partial charge in [-0.15, -0.1) is 0 Å². The van der Waals surface area contributed by atoms with Gasteiger partial charge in [-0.05, 0) is 37.5 Å². The number of rotatable bonds is 6. The Hall–Kier alpha value is -1.16. The van der Waals surface area contributed by atoms with E-state index >= 15 is 0 Å². The van der Waals surface area contributed by atoms with Gasteiger partial charge in [0.25, 0.3) is 0 Å². The molecule has 0 radical (unpaired) electrons. The fourth-order valence-electron chi connectivity index (χ4n) is 2.11. The van der Waals surface area contributed by atoms with Crippen molar-refractivity contribution < 1.29 is 4.39 Å². The number of benzene rings is 1. The third kappa shape index (κ3) is 3.19. The Balaban J connectivity index is 2.98. The molecule has 0 aliphatic carbocycles. The van der Waals surface area contributed by atoms with E-state index in [1.165, 1.54) is 6.07 Å². The van der Waals surface area contributed by atoms with Crippen LogP contribution in [-0.2, 0) is 0 Å². The Morgan fingerprint density at radius 1 is 1.28 bits per heavy atom. The van der Waals surface area contributed by atoms with E-state index in [1.807, 2.05) is 6.07 Å². The van der Waals surface area contributed by atoms with E-state index in [1.54, 1.807) is 6.07 Å². The number of thiocarbonyl (C=S) groups is 1. The van der Waals surface area contributed by atoms with Crippen LogP contribution < -0.4 is 11.1 Å². The summed E-state index contributed by atoms with van der Waals surface area (Å²) in [5.74, 6) is -0.371. The van der Waals surface area contributed by atoms with Crippen LogP contribution in [0.25, 0.3) is 0 Å². The van der Waals surface area contributed by atoms with E-state index in [2.05, 4.69) is 26.1 Å². The summed E-state index contributed by atoms with van der Waals surface area (Å²) in [6.07, 6.45) is 3.00. The van der Waals surface area contributed by atoms with E-state index in [0.717, 1.165) is 24.9 Å². The molecule has 1 aromatic rings. The van der Waals surface area contributed by atoms with E-state index in [0.29, 0.717) is 5.56 Å².